The van der Waals surface area contributed by atoms with Gasteiger partial charge in [-0.2, -0.15) is 0 Å². The van der Waals surface area contributed by atoms with E-state index in [1.807, 2.05) is 0 Å². The molecule has 1 aliphatic carbocycles. The molecule has 3 rings (SSSR count). The molecule has 0 spiro atoms. The molecule has 0 aromatic carbocycles. The van der Waals surface area contributed by atoms with Crippen LogP contribution < -0.4 is 0 Å². The van der Waals surface area contributed by atoms with Gasteiger partial charge < -0.3 is 33.5 Å². The van der Waals surface area contributed by atoms with Crippen molar-refractivity contribution in [1.82, 2.24) is 0 Å². The molecule has 2 heterocycles. The van der Waals surface area contributed by atoms with E-state index in [4.69, 9.17) is 28.4 Å². The van der Waals surface area contributed by atoms with Gasteiger partial charge >= 0.3 is 0 Å². The van der Waals surface area contributed by atoms with Crippen LogP contribution in [0.15, 0.2) is 0 Å². The van der Waals surface area contributed by atoms with Crippen LogP contribution in [0.2, 0.25) is 0 Å². The molecule has 2 saturated heterocycles. The van der Waals surface area contributed by atoms with Crippen LogP contribution in [0.3, 0.4) is 0 Å². The Hall–Kier alpha value is -0.280. The Bertz CT molecular complexity index is 419. The first-order valence-corrected chi connectivity index (χ1v) is 11.0. The predicted molar refractivity (Wildman–Crippen MR) is 103 cm³/mol. The molecular formula is C21H38O7. The van der Waals surface area contributed by atoms with Gasteiger partial charge in [0, 0.05) is 46.4 Å². The summed E-state index contributed by atoms with van der Waals surface area (Å²) in [5.74, 6) is 0.205. The molecule has 7 heteroatoms. The summed E-state index contributed by atoms with van der Waals surface area (Å²) in [4.78, 5) is 0. The molecule has 0 amide bonds. The summed E-state index contributed by atoms with van der Waals surface area (Å²) >= 11 is 0. The van der Waals surface area contributed by atoms with E-state index in [0.29, 0.717) is 0 Å². The fraction of sp³-hybridized carbons (Fsp3) is 1.00. The van der Waals surface area contributed by atoms with Gasteiger partial charge in [-0.05, 0) is 57.3 Å². The smallest absolute Gasteiger partial charge is 0.162 e. The van der Waals surface area contributed by atoms with Gasteiger partial charge in [-0.25, -0.2) is 0 Å². The summed E-state index contributed by atoms with van der Waals surface area (Å²) in [6, 6.07) is 0. The molecule has 0 radical (unpaired) electrons. The minimum Gasteiger partial charge on any atom is -0.396 e. The maximum absolute atomic E-state index is 9.42. The lowest BCUT2D eigenvalue weighted by Crippen LogP contribution is -2.40. The van der Waals surface area contributed by atoms with Gasteiger partial charge in [0.1, 0.15) is 0 Å². The van der Waals surface area contributed by atoms with Crippen LogP contribution in [0.25, 0.3) is 0 Å². The van der Waals surface area contributed by atoms with Crippen LogP contribution in [-0.4, -0.2) is 70.2 Å². The molecule has 164 valence electrons. The zero-order valence-electron chi connectivity index (χ0n) is 17.4. The number of rotatable bonds is 10. The number of aliphatic hydroxyl groups excluding tert-OH is 1. The Balaban J connectivity index is 1.73. The molecule has 28 heavy (non-hydrogen) atoms. The second-order valence-corrected chi connectivity index (χ2v) is 8.12. The first kappa shape index (κ1) is 22.4. The van der Waals surface area contributed by atoms with E-state index < -0.39 is 0 Å². The summed E-state index contributed by atoms with van der Waals surface area (Å²) in [5, 5.41) is 9.42. The molecule has 1 N–H and O–H groups in total. The lowest BCUT2D eigenvalue weighted by Gasteiger charge is -2.34. The van der Waals surface area contributed by atoms with E-state index in [9.17, 15) is 5.11 Å². The number of hydrogen-bond acceptors (Lipinski definition) is 7. The monoisotopic (exact) mass is 402 g/mol. The average Bonchev–Trinajstić information content (AvgIpc) is 3.05. The molecule has 3 fully saturated rings. The predicted octanol–water partition coefficient (Wildman–Crippen LogP) is 2.84. The van der Waals surface area contributed by atoms with E-state index in [1.54, 1.807) is 14.2 Å². The number of aliphatic hydroxyl groups is 1. The van der Waals surface area contributed by atoms with Crippen LogP contribution in [0.5, 0.6) is 0 Å². The lowest BCUT2D eigenvalue weighted by atomic mass is 9.88. The maximum Gasteiger partial charge on any atom is 0.162 e. The standard InChI is InChI=1S/C21H38O7/c1-23-21(24-2)20-15(8-7-11-22)16(27-18-9-3-5-12-25-18)14-17(20)28-19-10-4-6-13-26-19/h15-22H,3-14H2,1-2H3. The van der Waals surface area contributed by atoms with Gasteiger partial charge in [-0.3, -0.25) is 0 Å². The maximum atomic E-state index is 9.42. The van der Waals surface area contributed by atoms with E-state index in [1.165, 1.54) is 0 Å². The normalized spacial score (nSPS) is 36.9. The molecule has 1 saturated carbocycles. The van der Waals surface area contributed by atoms with Crippen molar-refractivity contribution in [3.8, 4) is 0 Å². The Kier molecular flexibility index (Phi) is 9.43. The summed E-state index contributed by atoms with van der Waals surface area (Å²) in [6.45, 7) is 1.68. The number of ether oxygens (including phenoxy) is 6. The van der Waals surface area contributed by atoms with Crippen molar-refractivity contribution in [2.75, 3.05) is 34.0 Å². The average molecular weight is 403 g/mol. The van der Waals surface area contributed by atoms with Crippen molar-refractivity contribution in [2.24, 2.45) is 11.8 Å². The van der Waals surface area contributed by atoms with Crippen molar-refractivity contribution in [1.29, 1.82) is 0 Å². The zero-order chi connectivity index (χ0) is 19.8. The summed E-state index contributed by atoms with van der Waals surface area (Å²) in [7, 11) is 3.34. The highest BCUT2D eigenvalue weighted by Crippen LogP contribution is 2.44. The fourth-order valence-corrected chi connectivity index (χ4v) is 4.91. The minimum atomic E-state index is -0.377. The third kappa shape index (κ3) is 5.88. The molecule has 6 unspecified atom stereocenters. The van der Waals surface area contributed by atoms with Crippen LogP contribution in [0, 0.1) is 11.8 Å². The van der Waals surface area contributed by atoms with Gasteiger partial charge in [0.15, 0.2) is 18.9 Å². The summed E-state index contributed by atoms with van der Waals surface area (Å²) in [5.41, 5.74) is 0. The molecule has 0 aromatic heterocycles. The number of hydrogen-bond donors (Lipinski definition) is 1. The van der Waals surface area contributed by atoms with E-state index in [-0.39, 0.29) is 49.5 Å². The SMILES string of the molecule is COC(OC)C1C(OC2CCCCO2)CC(OC2CCCCO2)C1CCCO. The van der Waals surface area contributed by atoms with Crippen molar-refractivity contribution in [2.45, 2.75) is 88.9 Å². The van der Waals surface area contributed by atoms with E-state index in [0.717, 1.165) is 71.0 Å². The third-order valence-corrected chi connectivity index (χ3v) is 6.27. The second-order valence-electron chi connectivity index (χ2n) is 8.12. The summed E-state index contributed by atoms with van der Waals surface area (Å²) < 4.78 is 35.8. The second kappa shape index (κ2) is 11.8. The Morgan fingerprint density at radius 3 is 2.00 bits per heavy atom. The molecule has 0 bridgehead atoms. The van der Waals surface area contributed by atoms with Gasteiger partial charge in [-0.1, -0.05) is 0 Å². The highest BCUT2D eigenvalue weighted by atomic mass is 16.7. The van der Waals surface area contributed by atoms with Gasteiger partial charge in [0.2, 0.25) is 0 Å². The lowest BCUT2D eigenvalue weighted by molar-refractivity contribution is -0.227. The number of methoxy groups -OCH3 is 2. The van der Waals surface area contributed by atoms with Gasteiger partial charge in [-0.15, -0.1) is 0 Å². The first-order chi connectivity index (χ1) is 13.8. The fourth-order valence-electron chi connectivity index (χ4n) is 4.91. The first-order valence-electron chi connectivity index (χ1n) is 11.0. The molecular weight excluding hydrogens is 364 g/mol. The van der Waals surface area contributed by atoms with Crippen LogP contribution in [-0.2, 0) is 28.4 Å². The van der Waals surface area contributed by atoms with Gasteiger partial charge in [0.25, 0.3) is 0 Å². The van der Waals surface area contributed by atoms with Crippen LogP contribution >= 0.6 is 0 Å². The molecule has 6 atom stereocenters. The highest BCUT2D eigenvalue weighted by Gasteiger charge is 2.50. The molecule has 7 nitrogen and oxygen atoms in total. The van der Waals surface area contributed by atoms with E-state index >= 15 is 0 Å². The molecule has 0 aromatic rings. The van der Waals surface area contributed by atoms with Crippen molar-refractivity contribution >= 4 is 0 Å². The quantitative estimate of drug-likeness (QED) is 0.563. The zero-order valence-corrected chi connectivity index (χ0v) is 17.4. The molecule has 2 aliphatic heterocycles. The topological polar surface area (TPSA) is 75.6 Å². The van der Waals surface area contributed by atoms with Crippen molar-refractivity contribution in [3.63, 3.8) is 0 Å². The van der Waals surface area contributed by atoms with Crippen molar-refractivity contribution < 1.29 is 33.5 Å². The third-order valence-electron chi connectivity index (χ3n) is 6.27. The minimum absolute atomic E-state index is 0.000963. The largest absolute Gasteiger partial charge is 0.396 e. The van der Waals surface area contributed by atoms with E-state index in [2.05, 4.69) is 0 Å². The van der Waals surface area contributed by atoms with Crippen LogP contribution in [0.4, 0.5) is 0 Å². The van der Waals surface area contributed by atoms with Gasteiger partial charge in [0.05, 0.1) is 12.2 Å². The Morgan fingerprint density at radius 1 is 0.893 bits per heavy atom. The summed E-state index contributed by atoms with van der Waals surface area (Å²) in [6.07, 6.45) is 7.89. The Labute approximate surface area is 168 Å². The molecule has 3 aliphatic rings. The highest BCUT2D eigenvalue weighted by molar-refractivity contribution is 4.95. The van der Waals surface area contributed by atoms with Crippen LogP contribution in [0.1, 0.15) is 57.8 Å². The van der Waals surface area contributed by atoms with Crippen molar-refractivity contribution in [3.05, 3.63) is 0 Å². The Morgan fingerprint density at radius 2 is 1.50 bits per heavy atom.